The molecule has 0 bridgehead atoms. The second-order valence-electron chi connectivity index (χ2n) is 7.97. The number of methoxy groups -OCH3 is 2. The molecular formula is C24H30N4O4. The summed E-state index contributed by atoms with van der Waals surface area (Å²) >= 11 is 0. The second kappa shape index (κ2) is 10.2. The monoisotopic (exact) mass is 438 g/mol. The number of rotatable bonds is 7. The highest BCUT2D eigenvalue weighted by molar-refractivity contribution is 6.03. The lowest BCUT2D eigenvalue weighted by Crippen LogP contribution is -2.45. The van der Waals surface area contributed by atoms with Crippen LogP contribution >= 0.6 is 0 Å². The zero-order valence-corrected chi connectivity index (χ0v) is 19.2. The van der Waals surface area contributed by atoms with E-state index in [2.05, 4.69) is 10.4 Å². The first kappa shape index (κ1) is 23.1. The number of nitrogens with zero attached hydrogens (tertiary/aromatic N) is 3. The molecule has 0 saturated heterocycles. The molecule has 170 valence electrons. The Kier molecular flexibility index (Phi) is 7.35. The fraction of sp³-hybridized carbons (Fsp3) is 0.375. The van der Waals surface area contributed by atoms with E-state index in [1.807, 2.05) is 62.4 Å². The van der Waals surface area contributed by atoms with E-state index in [0.29, 0.717) is 6.42 Å². The molecule has 3 rings (SSSR count). The summed E-state index contributed by atoms with van der Waals surface area (Å²) in [6.45, 7) is 3.67. The number of hydrazone groups is 1. The largest absolute Gasteiger partial charge is 0.497 e. The van der Waals surface area contributed by atoms with Crippen molar-refractivity contribution in [1.82, 2.24) is 15.2 Å². The van der Waals surface area contributed by atoms with Crippen LogP contribution in [0.2, 0.25) is 0 Å². The van der Waals surface area contributed by atoms with Crippen LogP contribution in [0.25, 0.3) is 0 Å². The molecule has 1 aliphatic heterocycles. The summed E-state index contributed by atoms with van der Waals surface area (Å²) in [5, 5.41) is 8.94. The van der Waals surface area contributed by atoms with Crippen molar-refractivity contribution < 1.29 is 19.1 Å². The van der Waals surface area contributed by atoms with E-state index in [1.54, 1.807) is 21.3 Å². The number of hydrogen-bond acceptors (Lipinski definition) is 5. The minimum absolute atomic E-state index is 0.0152. The number of ether oxygens (including phenoxy) is 2. The molecule has 2 aromatic rings. The fourth-order valence-corrected chi connectivity index (χ4v) is 3.49. The van der Waals surface area contributed by atoms with Crippen molar-refractivity contribution >= 4 is 17.6 Å². The van der Waals surface area contributed by atoms with E-state index < -0.39 is 0 Å². The Bertz CT molecular complexity index is 970. The molecule has 8 nitrogen and oxygen atoms in total. The highest BCUT2D eigenvalue weighted by Crippen LogP contribution is 2.34. The lowest BCUT2D eigenvalue weighted by Gasteiger charge is -2.25. The third-order valence-electron chi connectivity index (χ3n) is 5.22. The first-order valence-corrected chi connectivity index (χ1v) is 10.5. The van der Waals surface area contributed by atoms with Crippen LogP contribution in [0.5, 0.6) is 11.5 Å². The SMILES string of the molecule is COc1ccc(C2=NN(C(=O)CN(C)C(=O)NC(C)C)C(c3ccc(OC)cc3)C2)cc1. The summed E-state index contributed by atoms with van der Waals surface area (Å²) in [6.07, 6.45) is 0.562. The Morgan fingerprint density at radius 3 is 2.16 bits per heavy atom. The van der Waals surface area contributed by atoms with Crippen LogP contribution in [0.15, 0.2) is 53.6 Å². The van der Waals surface area contributed by atoms with E-state index in [4.69, 9.17) is 9.47 Å². The average molecular weight is 439 g/mol. The molecule has 1 aliphatic rings. The summed E-state index contributed by atoms with van der Waals surface area (Å²) in [4.78, 5) is 26.8. The third kappa shape index (κ3) is 5.38. The Hall–Kier alpha value is -3.55. The van der Waals surface area contributed by atoms with Crippen molar-refractivity contribution in [3.63, 3.8) is 0 Å². The quantitative estimate of drug-likeness (QED) is 0.718. The molecule has 1 atom stereocenters. The van der Waals surface area contributed by atoms with Gasteiger partial charge in [-0.05, 0) is 61.4 Å². The van der Waals surface area contributed by atoms with Crippen LogP contribution in [0, 0.1) is 0 Å². The molecule has 32 heavy (non-hydrogen) atoms. The topological polar surface area (TPSA) is 83.5 Å². The Balaban J connectivity index is 1.85. The molecule has 1 N–H and O–H groups in total. The normalized spacial score (nSPS) is 15.4. The predicted molar refractivity (Wildman–Crippen MR) is 123 cm³/mol. The van der Waals surface area contributed by atoms with Gasteiger partial charge in [-0.2, -0.15) is 5.10 Å². The number of benzene rings is 2. The van der Waals surface area contributed by atoms with Crippen LogP contribution < -0.4 is 14.8 Å². The van der Waals surface area contributed by atoms with Crippen LogP contribution in [0.4, 0.5) is 4.79 Å². The molecule has 3 amide bonds. The van der Waals surface area contributed by atoms with Gasteiger partial charge < -0.3 is 19.7 Å². The second-order valence-corrected chi connectivity index (χ2v) is 7.97. The Morgan fingerprint density at radius 1 is 1.06 bits per heavy atom. The molecule has 8 heteroatoms. The maximum atomic E-state index is 13.2. The molecule has 0 spiro atoms. The van der Waals surface area contributed by atoms with Crippen molar-refractivity contribution in [2.24, 2.45) is 5.10 Å². The van der Waals surface area contributed by atoms with Crippen LogP contribution in [0.1, 0.15) is 37.4 Å². The molecule has 0 fully saturated rings. The smallest absolute Gasteiger partial charge is 0.317 e. The molecule has 1 unspecified atom stereocenters. The minimum Gasteiger partial charge on any atom is -0.497 e. The molecule has 0 radical (unpaired) electrons. The summed E-state index contributed by atoms with van der Waals surface area (Å²) in [5.74, 6) is 1.24. The number of urea groups is 1. The van der Waals surface area contributed by atoms with E-state index in [0.717, 1.165) is 28.3 Å². The highest BCUT2D eigenvalue weighted by Gasteiger charge is 2.34. The predicted octanol–water partition coefficient (Wildman–Crippen LogP) is 3.43. The Labute approximate surface area is 188 Å². The van der Waals surface area contributed by atoms with Gasteiger partial charge in [0.1, 0.15) is 18.0 Å². The molecule has 2 aromatic carbocycles. The average Bonchev–Trinajstić information content (AvgIpc) is 3.24. The number of likely N-dealkylation sites (N-methyl/N-ethyl adjacent to an activating group) is 1. The van der Waals surface area contributed by atoms with Gasteiger partial charge in [0, 0.05) is 19.5 Å². The van der Waals surface area contributed by atoms with Gasteiger partial charge in [-0.15, -0.1) is 0 Å². The summed E-state index contributed by atoms with van der Waals surface area (Å²) in [5.41, 5.74) is 2.67. The highest BCUT2D eigenvalue weighted by atomic mass is 16.5. The van der Waals surface area contributed by atoms with Crippen LogP contribution in [-0.2, 0) is 4.79 Å². The van der Waals surface area contributed by atoms with Gasteiger partial charge in [-0.25, -0.2) is 9.80 Å². The van der Waals surface area contributed by atoms with E-state index in [9.17, 15) is 9.59 Å². The third-order valence-corrected chi connectivity index (χ3v) is 5.22. The zero-order chi connectivity index (χ0) is 23.3. The van der Waals surface area contributed by atoms with Gasteiger partial charge in [0.2, 0.25) is 0 Å². The van der Waals surface area contributed by atoms with Gasteiger partial charge in [0.05, 0.1) is 26.0 Å². The number of carbonyl (C=O) groups is 2. The van der Waals surface area contributed by atoms with Crippen molar-refractivity contribution in [3.05, 3.63) is 59.7 Å². The first-order valence-electron chi connectivity index (χ1n) is 10.5. The van der Waals surface area contributed by atoms with E-state index in [-0.39, 0.29) is 30.6 Å². The standard InChI is InChI=1S/C24H30N4O4/c1-16(2)25-24(30)27(3)15-23(29)28-22(18-8-12-20(32-5)13-9-18)14-21(26-28)17-6-10-19(31-4)11-7-17/h6-13,16,22H,14-15H2,1-5H3,(H,25,30). The number of carbonyl (C=O) groups excluding carboxylic acids is 2. The van der Waals surface area contributed by atoms with Gasteiger partial charge in [0.25, 0.3) is 5.91 Å². The van der Waals surface area contributed by atoms with Crippen molar-refractivity contribution in [1.29, 1.82) is 0 Å². The van der Waals surface area contributed by atoms with Crippen LogP contribution in [-0.4, -0.2) is 61.4 Å². The molecule has 0 saturated carbocycles. The molecule has 0 aliphatic carbocycles. The lowest BCUT2D eigenvalue weighted by molar-refractivity contribution is -0.133. The first-order chi connectivity index (χ1) is 15.3. The van der Waals surface area contributed by atoms with Crippen molar-refractivity contribution in [2.75, 3.05) is 27.8 Å². The molecule has 1 heterocycles. The fourth-order valence-electron chi connectivity index (χ4n) is 3.49. The van der Waals surface area contributed by atoms with Gasteiger partial charge in [0.15, 0.2) is 0 Å². The summed E-state index contributed by atoms with van der Waals surface area (Å²) in [6, 6.07) is 14.6. The van der Waals surface area contributed by atoms with Crippen molar-refractivity contribution in [3.8, 4) is 11.5 Å². The van der Waals surface area contributed by atoms with E-state index in [1.165, 1.54) is 9.91 Å². The van der Waals surface area contributed by atoms with Gasteiger partial charge in [-0.3, -0.25) is 4.79 Å². The van der Waals surface area contributed by atoms with Crippen LogP contribution in [0.3, 0.4) is 0 Å². The maximum absolute atomic E-state index is 13.2. The van der Waals surface area contributed by atoms with E-state index >= 15 is 0 Å². The van der Waals surface area contributed by atoms with Crippen molar-refractivity contribution in [2.45, 2.75) is 32.4 Å². The zero-order valence-electron chi connectivity index (χ0n) is 19.2. The summed E-state index contributed by atoms with van der Waals surface area (Å²) < 4.78 is 10.5. The Morgan fingerprint density at radius 2 is 1.62 bits per heavy atom. The van der Waals surface area contributed by atoms with Gasteiger partial charge >= 0.3 is 6.03 Å². The molecule has 0 aromatic heterocycles. The maximum Gasteiger partial charge on any atom is 0.317 e. The number of nitrogens with one attached hydrogen (secondary N) is 1. The number of hydrogen-bond donors (Lipinski definition) is 1. The minimum atomic E-state index is -0.298. The number of amides is 3. The van der Waals surface area contributed by atoms with Gasteiger partial charge in [-0.1, -0.05) is 12.1 Å². The summed E-state index contributed by atoms with van der Waals surface area (Å²) in [7, 11) is 4.83. The lowest BCUT2D eigenvalue weighted by atomic mass is 9.98. The molecular weight excluding hydrogens is 408 g/mol.